The molecule has 0 saturated heterocycles. The summed E-state index contributed by atoms with van der Waals surface area (Å²) in [5, 5.41) is 0.397. The third kappa shape index (κ3) is 4.89. The standard InChI is InChI=1S/C11H18ClN3O2S/c1-2-18(16,17)7-3-4-10(15-13)9-5-6-14-11(12)8-9/h5-6,8,10,15H,2-4,7,13H2,1H3. The SMILES string of the molecule is CCS(=O)(=O)CCCC(NN)c1ccnc(Cl)c1. The van der Waals surface area contributed by atoms with E-state index in [1.807, 2.05) is 6.07 Å². The molecule has 0 amide bonds. The molecule has 1 atom stereocenters. The van der Waals surface area contributed by atoms with Crippen molar-refractivity contribution >= 4 is 21.4 Å². The normalized spacial score (nSPS) is 13.5. The van der Waals surface area contributed by atoms with Crippen LogP contribution in [-0.2, 0) is 9.84 Å². The zero-order valence-electron chi connectivity index (χ0n) is 10.3. The minimum atomic E-state index is -2.92. The van der Waals surface area contributed by atoms with Crippen molar-refractivity contribution < 1.29 is 8.42 Å². The molecule has 0 aromatic carbocycles. The van der Waals surface area contributed by atoms with Gasteiger partial charge in [0.25, 0.3) is 0 Å². The maximum Gasteiger partial charge on any atom is 0.150 e. The molecule has 3 N–H and O–H groups in total. The van der Waals surface area contributed by atoms with Crippen LogP contribution in [0.1, 0.15) is 31.4 Å². The second-order valence-electron chi connectivity index (χ2n) is 4.01. The maximum absolute atomic E-state index is 11.4. The monoisotopic (exact) mass is 291 g/mol. The number of sulfone groups is 1. The Kier molecular flexibility index (Phi) is 6.01. The molecule has 1 heterocycles. The molecule has 5 nitrogen and oxygen atoms in total. The third-order valence-corrected chi connectivity index (χ3v) is 4.74. The Bertz CT molecular complexity index is 479. The number of rotatable bonds is 7. The Labute approximate surface area is 113 Å². The lowest BCUT2D eigenvalue weighted by atomic mass is 10.0. The van der Waals surface area contributed by atoms with Gasteiger partial charge in [-0.25, -0.2) is 13.4 Å². The van der Waals surface area contributed by atoms with E-state index in [1.54, 1.807) is 19.2 Å². The van der Waals surface area contributed by atoms with Crippen LogP contribution in [0.25, 0.3) is 0 Å². The van der Waals surface area contributed by atoms with E-state index in [9.17, 15) is 8.42 Å². The Morgan fingerprint density at radius 1 is 1.56 bits per heavy atom. The number of nitrogens with zero attached hydrogens (tertiary/aromatic N) is 1. The first-order chi connectivity index (χ1) is 8.48. The largest absolute Gasteiger partial charge is 0.271 e. The molecule has 0 aliphatic carbocycles. The number of halogens is 1. The average Bonchev–Trinajstić information content (AvgIpc) is 2.34. The summed E-state index contributed by atoms with van der Waals surface area (Å²) < 4.78 is 22.8. The van der Waals surface area contributed by atoms with E-state index >= 15 is 0 Å². The fraction of sp³-hybridized carbons (Fsp3) is 0.545. The highest BCUT2D eigenvalue weighted by Gasteiger charge is 2.13. The molecule has 1 aromatic heterocycles. The van der Waals surface area contributed by atoms with Gasteiger partial charge in [-0.05, 0) is 30.5 Å². The number of hydrogen-bond donors (Lipinski definition) is 2. The van der Waals surface area contributed by atoms with Crippen LogP contribution in [-0.4, -0.2) is 24.9 Å². The van der Waals surface area contributed by atoms with Crippen molar-refractivity contribution in [3.63, 3.8) is 0 Å². The number of pyridine rings is 1. The Morgan fingerprint density at radius 3 is 2.83 bits per heavy atom. The Balaban J connectivity index is 2.58. The summed E-state index contributed by atoms with van der Waals surface area (Å²) in [7, 11) is -2.92. The van der Waals surface area contributed by atoms with Gasteiger partial charge in [-0.15, -0.1) is 0 Å². The summed E-state index contributed by atoms with van der Waals surface area (Å²) in [4.78, 5) is 3.89. The zero-order chi connectivity index (χ0) is 13.6. The van der Waals surface area contributed by atoms with Gasteiger partial charge in [0.15, 0.2) is 0 Å². The highest BCUT2D eigenvalue weighted by molar-refractivity contribution is 7.91. The lowest BCUT2D eigenvalue weighted by molar-refractivity contribution is 0.507. The number of nitrogens with one attached hydrogen (secondary N) is 1. The van der Waals surface area contributed by atoms with Gasteiger partial charge in [-0.3, -0.25) is 11.3 Å². The van der Waals surface area contributed by atoms with E-state index in [1.165, 1.54) is 0 Å². The molecule has 0 fully saturated rings. The molecule has 0 saturated carbocycles. The topological polar surface area (TPSA) is 85.1 Å². The highest BCUT2D eigenvalue weighted by atomic mass is 35.5. The van der Waals surface area contributed by atoms with Crippen molar-refractivity contribution in [3.8, 4) is 0 Å². The number of hydrazine groups is 1. The summed E-state index contributed by atoms with van der Waals surface area (Å²) in [5.74, 6) is 5.83. The minimum absolute atomic E-state index is 0.113. The fourth-order valence-electron chi connectivity index (χ4n) is 1.63. The van der Waals surface area contributed by atoms with Crippen LogP contribution in [0, 0.1) is 0 Å². The van der Waals surface area contributed by atoms with E-state index in [4.69, 9.17) is 17.4 Å². The van der Waals surface area contributed by atoms with Crippen molar-refractivity contribution in [3.05, 3.63) is 29.0 Å². The smallest absolute Gasteiger partial charge is 0.150 e. The molecule has 102 valence electrons. The second-order valence-corrected chi connectivity index (χ2v) is 6.87. The van der Waals surface area contributed by atoms with E-state index in [0.717, 1.165) is 5.56 Å². The molecular weight excluding hydrogens is 274 g/mol. The maximum atomic E-state index is 11.4. The van der Waals surface area contributed by atoms with E-state index in [0.29, 0.717) is 18.0 Å². The summed E-state index contributed by atoms with van der Waals surface area (Å²) in [6, 6.07) is 3.42. The lowest BCUT2D eigenvalue weighted by Crippen LogP contribution is -2.28. The van der Waals surface area contributed by atoms with Crippen molar-refractivity contribution in [2.45, 2.75) is 25.8 Å². The van der Waals surface area contributed by atoms with Crippen molar-refractivity contribution in [1.82, 2.24) is 10.4 Å². The summed E-state index contributed by atoms with van der Waals surface area (Å²) in [6.07, 6.45) is 2.80. The number of hydrogen-bond acceptors (Lipinski definition) is 5. The predicted octanol–water partition coefficient (Wildman–Crippen LogP) is 1.45. The molecule has 18 heavy (non-hydrogen) atoms. The van der Waals surface area contributed by atoms with Crippen molar-refractivity contribution in [2.24, 2.45) is 5.84 Å². The Hall–Kier alpha value is -0.690. The number of nitrogens with two attached hydrogens (primary N) is 1. The second kappa shape index (κ2) is 7.04. The molecule has 7 heteroatoms. The minimum Gasteiger partial charge on any atom is -0.271 e. The van der Waals surface area contributed by atoms with Crippen molar-refractivity contribution in [1.29, 1.82) is 0 Å². The molecule has 1 aromatic rings. The van der Waals surface area contributed by atoms with E-state index < -0.39 is 9.84 Å². The van der Waals surface area contributed by atoms with Crippen LogP contribution in [0.5, 0.6) is 0 Å². The van der Waals surface area contributed by atoms with E-state index in [-0.39, 0.29) is 17.5 Å². The van der Waals surface area contributed by atoms with Gasteiger partial charge >= 0.3 is 0 Å². The molecule has 0 radical (unpaired) electrons. The molecule has 0 bridgehead atoms. The summed E-state index contributed by atoms with van der Waals surface area (Å²) >= 11 is 5.80. The molecular formula is C11H18ClN3O2S. The summed E-state index contributed by atoms with van der Waals surface area (Å²) in [6.45, 7) is 1.65. The number of aromatic nitrogens is 1. The average molecular weight is 292 g/mol. The Morgan fingerprint density at radius 2 is 2.28 bits per heavy atom. The first-order valence-electron chi connectivity index (χ1n) is 5.76. The predicted molar refractivity (Wildman–Crippen MR) is 72.9 cm³/mol. The molecule has 1 rings (SSSR count). The van der Waals surface area contributed by atoms with Gasteiger partial charge in [0.1, 0.15) is 15.0 Å². The van der Waals surface area contributed by atoms with Gasteiger partial charge in [0.05, 0.1) is 5.75 Å². The van der Waals surface area contributed by atoms with Crippen LogP contribution in [0.3, 0.4) is 0 Å². The molecule has 0 aliphatic rings. The van der Waals surface area contributed by atoms with Gasteiger partial charge < -0.3 is 0 Å². The van der Waals surface area contributed by atoms with Crippen LogP contribution in [0.2, 0.25) is 5.15 Å². The van der Waals surface area contributed by atoms with Crippen LogP contribution in [0.4, 0.5) is 0 Å². The van der Waals surface area contributed by atoms with Crippen LogP contribution in [0.15, 0.2) is 18.3 Å². The first-order valence-corrected chi connectivity index (χ1v) is 7.96. The summed E-state index contributed by atoms with van der Waals surface area (Å²) in [5.41, 5.74) is 3.58. The third-order valence-electron chi connectivity index (χ3n) is 2.74. The van der Waals surface area contributed by atoms with Crippen LogP contribution >= 0.6 is 11.6 Å². The molecule has 0 spiro atoms. The van der Waals surface area contributed by atoms with Crippen LogP contribution < -0.4 is 11.3 Å². The van der Waals surface area contributed by atoms with Gasteiger partial charge in [-0.1, -0.05) is 18.5 Å². The zero-order valence-corrected chi connectivity index (χ0v) is 11.8. The fourth-order valence-corrected chi connectivity index (χ4v) is 2.71. The quantitative estimate of drug-likeness (QED) is 0.451. The van der Waals surface area contributed by atoms with Crippen molar-refractivity contribution in [2.75, 3.05) is 11.5 Å². The molecule has 1 unspecified atom stereocenters. The lowest BCUT2D eigenvalue weighted by Gasteiger charge is -2.16. The van der Waals surface area contributed by atoms with Gasteiger partial charge in [0, 0.05) is 18.0 Å². The van der Waals surface area contributed by atoms with Gasteiger partial charge in [-0.2, -0.15) is 0 Å². The highest BCUT2D eigenvalue weighted by Crippen LogP contribution is 2.19. The van der Waals surface area contributed by atoms with E-state index in [2.05, 4.69) is 10.4 Å². The molecule has 0 aliphatic heterocycles. The van der Waals surface area contributed by atoms with Gasteiger partial charge in [0.2, 0.25) is 0 Å². The first kappa shape index (κ1) is 15.4.